The van der Waals surface area contributed by atoms with Crippen molar-refractivity contribution >= 4 is 17.7 Å². The van der Waals surface area contributed by atoms with Crippen LogP contribution < -0.4 is 5.32 Å². The molecule has 2 N–H and O–H groups in total. The third kappa shape index (κ3) is 5.87. The molecule has 6 nitrogen and oxygen atoms in total. The molecule has 1 aliphatic rings. The highest BCUT2D eigenvalue weighted by atomic mass is 16.6. The Bertz CT molecular complexity index is 656. The Morgan fingerprint density at radius 3 is 2.33 bits per heavy atom. The number of aromatic hydroxyl groups is 1. The van der Waals surface area contributed by atoms with Gasteiger partial charge in [0.15, 0.2) is 11.6 Å². The van der Waals surface area contributed by atoms with E-state index in [1.54, 1.807) is 6.07 Å². The SMILES string of the molecule is CCCNC(=O)OC(C)(C)C.O=C1C=CC(=O)c2c(O)cccc21. The molecule has 130 valence electrons. The van der Waals surface area contributed by atoms with Gasteiger partial charge in [-0.15, -0.1) is 0 Å². The van der Waals surface area contributed by atoms with Gasteiger partial charge in [-0.1, -0.05) is 19.1 Å². The number of ketones is 2. The van der Waals surface area contributed by atoms with E-state index in [4.69, 9.17) is 4.74 Å². The zero-order chi connectivity index (χ0) is 18.3. The molecule has 1 aromatic carbocycles. The van der Waals surface area contributed by atoms with E-state index in [1.165, 1.54) is 24.3 Å². The highest BCUT2D eigenvalue weighted by Gasteiger charge is 2.21. The Labute approximate surface area is 141 Å². The minimum absolute atomic E-state index is 0.106. The number of fused-ring (bicyclic) bond motifs is 1. The molecule has 0 saturated carbocycles. The summed E-state index contributed by atoms with van der Waals surface area (Å²) in [6, 6.07) is 4.46. The van der Waals surface area contributed by atoms with Gasteiger partial charge in [0.25, 0.3) is 0 Å². The summed E-state index contributed by atoms with van der Waals surface area (Å²) in [6.07, 6.45) is 2.98. The molecule has 0 heterocycles. The normalized spacial score (nSPS) is 12.8. The lowest BCUT2D eigenvalue weighted by atomic mass is 9.94. The van der Waals surface area contributed by atoms with Crippen LogP contribution in [0, 0.1) is 0 Å². The van der Waals surface area contributed by atoms with Gasteiger partial charge in [0.05, 0.1) is 5.56 Å². The number of allylic oxidation sites excluding steroid dienone is 2. The van der Waals surface area contributed by atoms with Crippen molar-refractivity contribution in [1.29, 1.82) is 0 Å². The number of alkyl carbamates (subject to hydrolysis) is 1. The molecule has 0 bridgehead atoms. The minimum Gasteiger partial charge on any atom is -0.507 e. The van der Waals surface area contributed by atoms with Crippen LogP contribution in [0.3, 0.4) is 0 Å². The van der Waals surface area contributed by atoms with Crippen molar-refractivity contribution in [2.75, 3.05) is 6.54 Å². The summed E-state index contributed by atoms with van der Waals surface area (Å²) in [7, 11) is 0. The number of amides is 1. The summed E-state index contributed by atoms with van der Waals surface area (Å²) < 4.78 is 4.99. The topological polar surface area (TPSA) is 92.7 Å². The van der Waals surface area contributed by atoms with Gasteiger partial charge in [-0.25, -0.2) is 4.79 Å². The molecule has 1 aromatic rings. The molecule has 6 heteroatoms. The molecule has 0 saturated heterocycles. The molecule has 0 aromatic heterocycles. The molecular formula is C18H23NO5. The summed E-state index contributed by atoms with van der Waals surface area (Å²) in [5.74, 6) is -0.710. The monoisotopic (exact) mass is 333 g/mol. The summed E-state index contributed by atoms with van der Waals surface area (Å²) >= 11 is 0. The summed E-state index contributed by atoms with van der Waals surface area (Å²) in [4.78, 5) is 33.4. The lowest BCUT2D eigenvalue weighted by molar-refractivity contribution is 0.0527. The lowest BCUT2D eigenvalue weighted by Gasteiger charge is -2.19. The number of hydrogen-bond donors (Lipinski definition) is 2. The van der Waals surface area contributed by atoms with Gasteiger partial charge in [-0.2, -0.15) is 0 Å². The molecule has 1 amide bonds. The first kappa shape index (κ1) is 19.4. The number of rotatable bonds is 2. The van der Waals surface area contributed by atoms with Crippen LogP contribution in [0.2, 0.25) is 0 Å². The van der Waals surface area contributed by atoms with Crippen LogP contribution in [0.4, 0.5) is 4.79 Å². The van der Waals surface area contributed by atoms with Crippen molar-refractivity contribution in [3.8, 4) is 5.75 Å². The maximum absolute atomic E-state index is 11.3. The molecule has 2 rings (SSSR count). The third-order valence-corrected chi connectivity index (χ3v) is 2.86. The van der Waals surface area contributed by atoms with Gasteiger partial charge < -0.3 is 15.2 Å². The van der Waals surface area contributed by atoms with Crippen molar-refractivity contribution in [3.05, 3.63) is 41.5 Å². The molecule has 0 fully saturated rings. The zero-order valence-corrected chi connectivity index (χ0v) is 14.4. The van der Waals surface area contributed by atoms with E-state index >= 15 is 0 Å². The van der Waals surface area contributed by atoms with Crippen LogP contribution in [0.25, 0.3) is 0 Å². The number of phenolic OH excluding ortho intramolecular Hbond substituents is 1. The second-order valence-corrected chi connectivity index (χ2v) is 6.19. The quantitative estimate of drug-likeness (QED) is 0.866. The number of carbonyl (C=O) groups is 3. The highest BCUT2D eigenvalue weighted by Crippen LogP contribution is 2.25. The summed E-state index contributed by atoms with van der Waals surface area (Å²) in [5.41, 5.74) is -0.0137. The van der Waals surface area contributed by atoms with Crippen LogP contribution in [-0.2, 0) is 4.74 Å². The van der Waals surface area contributed by atoms with Gasteiger partial charge in [-0.05, 0) is 45.4 Å². The van der Waals surface area contributed by atoms with Crippen LogP contribution >= 0.6 is 0 Å². The number of benzene rings is 1. The molecule has 0 unspecified atom stereocenters. The second kappa shape index (κ2) is 8.29. The molecule has 1 aliphatic carbocycles. The molecule has 0 radical (unpaired) electrons. The van der Waals surface area contributed by atoms with E-state index < -0.39 is 5.60 Å². The first-order valence-electron chi connectivity index (χ1n) is 7.71. The fraction of sp³-hybridized carbons (Fsp3) is 0.389. The number of nitrogens with one attached hydrogen (secondary N) is 1. The number of phenols is 1. The lowest BCUT2D eigenvalue weighted by Crippen LogP contribution is -2.32. The number of ether oxygens (including phenoxy) is 1. The maximum Gasteiger partial charge on any atom is 0.407 e. The Hall–Kier alpha value is -2.63. The Kier molecular flexibility index (Phi) is 6.70. The molecule has 0 atom stereocenters. The zero-order valence-electron chi connectivity index (χ0n) is 14.4. The fourth-order valence-corrected chi connectivity index (χ4v) is 1.87. The van der Waals surface area contributed by atoms with Gasteiger partial charge in [0, 0.05) is 12.1 Å². The van der Waals surface area contributed by atoms with Gasteiger partial charge in [0.2, 0.25) is 0 Å². The van der Waals surface area contributed by atoms with Gasteiger partial charge in [-0.3, -0.25) is 9.59 Å². The van der Waals surface area contributed by atoms with Crippen molar-refractivity contribution < 1.29 is 24.2 Å². The van der Waals surface area contributed by atoms with Gasteiger partial charge in [0.1, 0.15) is 11.4 Å². The third-order valence-electron chi connectivity index (χ3n) is 2.86. The fourth-order valence-electron chi connectivity index (χ4n) is 1.87. The van der Waals surface area contributed by atoms with E-state index in [-0.39, 0.29) is 34.5 Å². The second-order valence-electron chi connectivity index (χ2n) is 6.19. The average Bonchev–Trinajstić information content (AvgIpc) is 2.48. The van der Waals surface area contributed by atoms with Crippen LogP contribution in [0.1, 0.15) is 54.8 Å². The predicted molar refractivity (Wildman–Crippen MR) is 90.4 cm³/mol. The predicted octanol–water partition coefficient (Wildman–Crippen LogP) is 3.25. The van der Waals surface area contributed by atoms with E-state index in [0.29, 0.717) is 6.54 Å². The first-order chi connectivity index (χ1) is 11.2. The molecule has 0 aliphatic heterocycles. The van der Waals surface area contributed by atoms with Crippen LogP contribution in [0.5, 0.6) is 5.75 Å². The maximum atomic E-state index is 11.3. The van der Waals surface area contributed by atoms with E-state index in [2.05, 4.69) is 5.32 Å². The van der Waals surface area contributed by atoms with Gasteiger partial charge >= 0.3 is 6.09 Å². The largest absolute Gasteiger partial charge is 0.507 e. The van der Waals surface area contributed by atoms with Crippen molar-refractivity contribution in [1.82, 2.24) is 5.32 Å². The molecule has 0 spiro atoms. The number of hydrogen-bond acceptors (Lipinski definition) is 5. The molecule has 24 heavy (non-hydrogen) atoms. The van der Waals surface area contributed by atoms with Crippen LogP contribution in [-0.4, -0.2) is 34.9 Å². The van der Waals surface area contributed by atoms with Crippen molar-refractivity contribution in [3.63, 3.8) is 0 Å². The number of carbonyl (C=O) groups excluding carboxylic acids is 3. The molecular weight excluding hydrogens is 310 g/mol. The van der Waals surface area contributed by atoms with Crippen molar-refractivity contribution in [2.24, 2.45) is 0 Å². The Balaban J connectivity index is 0.000000245. The van der Waals surface area contributed by atoms with E-state index in [0.717, 1.165) is 6.42 Å². The summed E-state index contributed by atoms with van der Waals surface area (Å²) in [6.45, 7) is 8.21. The Morgan fingerprint density at radius 1 is 1.17 bits per heavy atom. The smallest absolute Gasteiger partial charge is 0.407 e. The highest BCUT2D eigenvalue weighted by molar-refractivity contribution is 6.23. The van der Waals surface area contributed by atoms with E-state index in [1.807, 2.05) is 27.7 Å². The van der Waals surface area contributed by atoms with Crippen LogP contribution in [0.15, 0.2) is 30.4 Å². The average molecular weight is 333 g/mol. The Morgan fingerprint density at radius 2 is 1.79 bits per heavy atom. The first-order valence-corrected chi connectivity index (χ1v) is 7.71. The summed E-state index contributed by atoms with van der Waals surface area (Å²) in [5, 5.41) is 12.0. The minimum atomic E-state index is -0.391. The van der Waals surface area contributed by atoms with Crippen molar-refractivity contribution in [2.45, 2.75) is 39.7 Å². The van der Waals surface area contributed by atoms with E-state index in [9.17, 15) is 19.5 Å². The standard InChI is InChI=1S/C10H6O3.C8H17NO2/c11-7-4-5-9(13)10-6(7)2-1-3-8(10)12;1-5-6-9-7(10)11-8(2,3)4/h1-5,12H;5-6H2,1-4H3,(H,9,10).